The summed E-state index contributed by atoms with van der Waals surface area (Å²) in [5.41, 5.74) is 2.99. The van der Waals surface area contributed by atoms with Gasteiger partial charge in [-0.15, -0.1) is 11.3 Å². The fourth-order valence-corrected chi connectivity index (χ4v) is 8.54. The summed E-state index contributed by atoms with van der Waals surface area (Å²) in [6, 6.07) is 14.1. The average molecular weight is 541 g/mol. The van der Waals surface area contributed by atoms with E-state index in [4.69, 9.17) is 17.2 Å². The Morgan fingerprint density at radius 2 is 1.79 bits per heavy atom. The molecule has 7 heteroatoms. The van der Waals surface area contributed by atoms with Crippen molar-refractivity contribution >= 4 is 66.4 Å². The number of amides is 1. The number of hydrogen-bond acceptors (Lipinski definition) is 4. The molecule has 0 radical (unpaired) electrons. The zero-order valence-electron chi connectivity index (χ0n) is 18.3. The average Bonchev–Trinajstić information content (AvgIpc) is 3.17. The van der Waals surface area contributed by atoms with Crippen LogP contribution in [0.15, 0.2) is 46.9 Å². The van der Waals surface area contributed by atoms with Crippen molar-refractivity contribution in [1.82, 2.24) is 10.3 Å². The quantitative estimate of drug-likeness (QED) is 0.345. The highest BCUT2D eigenvalue weighted by atomic mass is 79.9. The summed E-state index contributed by atoms with van der Waals surface area (Å²) in [5, 5.41) is 7.52. The van der Waals surface area contributed by atoms with Gasteiger partial charge in [0.15, 0.2) is 5.11 Å². The fraction of sp³-hybridized carbons (Fsp3) is 0.423. The van der Waals surface area contributed by atoms with Crippen molar-refractivity contribution in [2.75, 3.05) is 5.32 Å². The maximum absolute atomic E-state index is 13.0. The first kappa shape index (κ1) is 21.7. The van der Waals surface area contributed by atoms with Gasteiger partial charge in [0.2, 0.25) is 5.91 Å². The van der Waals surface area contributed by atoms with E-state index in [2.05, 4.69) is 32.6 Å². The standard InChI is InChI=1S/C26H26BrN3OS2/c27-18-5-6-20(19(10-18)24-28-21-3-1-2-4-22(21)33-24)29-25(32)30-23(31)14-26-11-15-7-16(12-26)9-17(8-15)13-26/h1-6,10,15-17H,7-9,11-14H2,(H2,29,30,31,32). The van der Waals surface area contributed by atoms with Gasteiger partial charge < -0.3 is 10.6 Å². The Labute approximate surface area is 211 Å². The predicted octanol–water partition coefficient (Wildman–Crippen LogP) is 7.15. The lowest BCUT2D eigenvalue weighted by Crippen LogP contribution is -2.48. The number of rotatable bonds is 4. The van der Waals surface area contributed by atoms with Gasteiger partial charge in [0.05, 0.1) is 15.9 Å². The zero-order chi connectivity index (χ0) is 22.6. The van der Waals surface area contributed by atoms with E-state index in [0.717, 1.165) is 48.7 Å². The number of halogens is 1. The van der Waals surface area contributed by atoms with Gasteiger partial charge in [-0.25, -0.2) is 4.98 Å². The van der Waals surface area contributed by atoms with Crippen molar-refractivity contribution in [3.8, 4) is 10.6 Å². The Morgan fingerprint density at radius 1 is 1.09 bits per heavy atom. The Balaban J connectivity index is 1.16. The highest BCUT2D eigenvalue weighted by molar-refractivity contribution is 9.10. The summed E-state index contributed by atoms with van der Waals surface area (Å²) in [4.78, 5) is 17.8. The number of benzene rings is 2. The van der Waals surface area contributed by atoms with Gasteiger partial charge in [-0.2, -0.15) is 0 Å². The monoisotopic (exact) mass is 539 g/mol. The number of aromatic nitrogens is 1. The SMILES string of the molecule is O=C(CC12CC3CC(CC(C3)C1)C2)NC(=S)Nc1ccc(Br)cc1-c1nc2ccccc2s1. The van der Waals surface area contributed by atoms with Crippen molar-refractivity contribution in [3.63, 3.8) is 0 Å². The van der Waals surface area contributed by atoms with Crippen LogP contribution in [-0.4, -0.2) is 16.0 Å². The molecule has 170 valence electrons. The van der Waals surface area contributed by atoms with E-state index in [1.165, 1.54) is 38.5 Å². The molecular formula is C26H26BrN3OS2. The highest BCUT2D eigenvalue weighted by Crippen LogP contribution is 2.61. The molecule has 1 amide bonds. The number of anilines is 1. The minimum absolute atomic E-state index is 0.0492. The molecule has 2 N–H and O–H groups in total. The van der Waals surface area contributed by atoms with Gasteiger partial charge in [0.25, 0.3) is 0 Å². The third-order valence-corrected chi connectivity index (χ3v) is 9.47. The molecule has 4 aliphatic rings. The summed E-state index contributed by atoms with van der Waals surface area (Å²) >= 11 is 10.8. The zero-order valence-corrected chi connectivity index (χ0v) is 21.5. The summed E-state index contributed by atoms with van der Waals surface area (Å²) in [5.74, 6) is 2.57. The molecule has 4 saturated carbocycles. The fourth-order valence-electron chi connectivity index (χ4n) is 6.96. The van der Waals surface area contributed by atoms with Crippen molar-refractivity contribution in [2.24, 2.45) is 23.2 Å². The molecule has 0 spiro atoms. The predicted molar refractivity (Wildman–Crippen MR) is 142 cm³/mol. The molecule has 4 bridgehead atoms. The second-order valence-electron chi connectivity index (χ2n) is 10.3. The first-order valence-corrected chi connectivity index (χ1v) is 13.7. The van der Waals surface area contributed by atoms with Crippen molar-refractivity contribution < 1.29 is 4.79 Å². The maximum Gasteiger partial charge on any atom is 0.226 e. The van der Waals surface area contributed by atoms with E-state index in [1.54, 1.807) is 11.3 Å². The topological polar surface area (TPSA) is 54.0 Å². The first-order valence-electron chi connectivity index (χ1n) is 11.7. The van der Waals surface area contributed by atoms with Crippen LogP contribution in [0.5, 0.6) is 0 Å². The van der Waals surface area contributed by atoms with Crippen molar-refractivity contribution in [1.29, 1.82) is 0 Å². The van der Waals surface area contributed by atoms with Crippen molar-refractivity contribution in [3.05, 3.63) is 46.9 Å². The lowest BCUT2D eigenvalue weighted by atomic mass is 9.49. The Bertz CT molecular complexity index is 1190. The number of carbonyl (C=O) groups excluding carboxylic acids is 1. The number of para-hydroxylation sites is 1. The lowest BCUT2D eigenvalue weighted by Gasteiger charge is -2.56. The van der Waals surface area contributed by atoms with Gasteiger partial charge in [-0.3, -0.25) is 4.79 Å². The number of thiocarbonyl (C=S) groups is 1. The Kier molecular flexibility index (Phi) is 5.54. The summed E-state index contributed by atoms with van der Waals surface area (Å²) < 4.78 is 2.11. The second-order valence-corrected chi connectivity index (χ2v) is 12.6. The molecule has 0 unspecified atom stereocenters. The van der Waals surface area contributed by atoms with Gasteiger partial charge in [-0.05, 0) is 104 Å². The molecule has 0 atom stereocenters. The lowest BCUT2D eigenvalue weighted by molar-refractivity contribution is -0.127. The minimum atomic E-state index is 0.0492. The van der Waals surface area contributed by atoms with Crippen LogP contribution >= 0.6 is 39.5 Å². The van der Waals surface area contributed by atoms with Crippen LogP contribution in [0.1, 0.15) is 44.9 Å². The number of thiazole rings is 1. The normalized spacial score (nSPS) is 27.6. The first-order chi connectivity index (χ1) is 15.9. The molecular weight excluding hydrogens is 514 g/mol. The largest absolute Gasteiger partial charge is 0.332 e. The van der Waals surface area contributed by atoms with Crippen LogP contribution in [0.4, 0.5) is 5.69 Å². The van der Waals surface area contributed by atoms with Gasteiger partial charge in [0.1, 0.15) is 5.01 Å². The highest BCUT2D eigenvalue weighted by Gasteiger charge is 2.51. The number of hydrogen-bond donors (Lipinski definition) is 2. The van der Waals surface area contributed by atoms with Crippen molar-refractivity contribution in [2.45, 2.75) is 44.9 Å². The molecule has 1 aromatic heterocycles. The third-order valence-electron chi connectivity index (χ3n) is 7.71. The summed E-state index contributed by atoms with van der Waals surface area (Å²) in [7, 11) is 0. The second kappa shape index (κ2) is 8.43. The molecule has 4 aliphatic carbocycles. The minimum Gasteiger partial charge on any atom is -0.332 e. The summed E-state index contributed by atoms with van der Waals surface area (Å²) in [6.07, 6.45) is 8.43. The third kappa shape index (κ3) is 4.35. The summed E-state index contributed by atoms with van der Waals surface area (Å²) in [6.45, 7) is 0. The Hall–Kier alpha value is -1.83. The number of nitrogens with zero attached hydrogens (tertiary/aromatic N) is 1. The molecule has 2 aromatic carbocycles. The molecule has 4 nitrogen and oxygen atoms in total. The number of fused-ring (bicyclic) bond motifs is 1. The van der Waals surface area contributed by atoms with E-state index >= 15 is 0 Å². The molecule has 4 fully saturated rings. The van der Waals surface area contributed by atoms with Crippen LogP contribution in [-0.2, 0) is 4.79 Å². The van der Waals surface area contributed by atoms with Gasteiger partial charge in [-0.1, -0.05) is 28.1 Å². The number of carbonyl (C=O) groups is 1. The Morgan fingerprint density at radius 3 is 2.48 bits per heavy atom. The number of nitrogens with one attached hydrogen (secondary N) is 2. The molecule has 0 saturated heterocycles. The van der Waals surface area contributed by atoms with Crippen LogP contribution in [0.3, 0.4) is 0 Å². The van der Waals surface area contributed by atoms with E-state index in [1.807, 2.05) is 36.4 Å². The van der Waals surface area contributed by atoms with E-state index < -0.39 is 0 Å². The van der Waals surface area contributed by atoms with Crippen LogP contribution in [0.25, 0.3) is 20.8 Å². The van der Waals surface area contributed by atoms with Gasteiger partial charge in [0, 0.05) is 16.5 Å². The van der Waals surface area contributed by atoms with Crippen LogP contribution < -0.4 is 10.6 Å². The maximum atomic E-state index is 13.0. The molecule has 33 heavy (non-hydrogen) atoms. The van der Waals surface area contributed by atoms with E-state index in [-0.39, 0.29) is 11.3 Å². The smallest absolute Gasteiger partial charge is 0.226 e. The van der Waals surface area contributed by atoms with Gasteiger partial charge >= 0.3 is 0 Å². The molecule has 1 heterocycles. The molecule has 0 aliphatic heterocycles. The van der Waals surface area contributed by atoms with Crippen LogP contribution in [0.2, 0.25) is 0 Å². The van der Waals surface area contributed by atoms with E-state index in [0.29, 0.717) is 11.5 Å². The van der Waals surface area contributed by atoms with Crippen LogP contribution in [0, 0.1) is 23.2 Å². The molecule has 3 aromatic rings. The van der Waals surface area contributed by atoms with E-state index in [9.17, 15) is 4.79 Å². The molecule has 7 rings (SSSR count).